The van der Waals surface area contributed by atoms with E-state index in [1.807, 2.05) is 6.07 Å². The van der Waals surface area contributed by atoms with Crippen molar-refractivity contribution in [2.45, 2.75) is 20.4 Å². The number of carbonyl (C=O) groups excluding carboxylic acids is 1. The second-order valence-electron chi connectivity index (χ2n) is 8.00. The number of aromatic amines is 1. The SMILES string of the molecule is CCN1CCN(Cc2cc(Nc3n[nH]c(C)c3N=O)c(C(=O)c3ccccc3Cl)cn2)CC1. The van der Waals surface area contributed by atoms with Crippen LogP contribution in [0.2, 0.25) is 5.02 Å². The molecule has 1 aromatic carbocycles. The quantitative estimate of drug-likeness (QED) is 0.376. The minimum Gasteiger partial charge on any atom is -0.336 e. The molecule has 2 aromatic heterocycles. The Kier molecular flexibility index (Phi) is 7.12. The number of aromatic nitrogens is 3. The van der Waals surface area contributed by atoms with Crippen LogP contribution in [0.4, 0.5) is 17.2 Å². The molecule has 1 saturated heterocycles. The normalized spacial score (nSPS) is 14.9. The van der Waals surface area contributed by atoms with E-state index in [1.54, 1.807) is 37.4 Å². The molecule has 0 aliphatic carbocycles. The van der Waals surface area contributed by atoms with Crippen molar-refractivity contribution in [3.05, 3.63) is 69.0 Å². The van der Waals surface area contributed by atoms with E-state index in [-0.39, 0.29) is 17.3 Å². The Balaban J connectivity index is 1.66. The molecule has 0 saturated carbocycles. The first-order valence-corrected chi connectivity index (χ1v) is 11.3. The van der Waals surface area contributed by atoms with Crippen LogP contribution < -0.4 is 5.32 Å². The van der Waals surface area contributed by atoms with E-state index in [0.29, 0.717) is 34.1 Å². The predicted octanol–water partition coefficient (Wildman–Crippen LogP) is 4.28. The third kappa shape index (κ3) is 5.11. The molecule has 0 unspecified atom stereocenters. The fourth-order valence-corrected chi connectivity index (χ4v) is 4.12. The van der Waals surface area contributed by atoms with Gasteiger partial charge >= 0.3 is 0 Å². The fraction of sp³-hybridized carbons (Fsp3) is 0.348. The summed E-state index contributed by atoms with van der Waals surface area (Å²) >= 11 is 6.27. The second-order valence-corrected chi connectivity index (χ2v) is 8.41. The number of pyridine rings is 1. The van der Waals surface area contributed by atoms with Gasteiger partial charge in [-0.05, 0) is 36.8 Å². The van der Waals surface area contributed by atoms with Gasteiger partial charge in [0, 0.05) is 44.5 Å². The van der Waals surface area contributed by atoms with E-state index in [1.165, 1.54) is 0 Å². The van der Waals surface area contributed by atoms with Crippen LogP contribution in [0.15, 0.2) is 41.7 Å². The Bertz CT molecular complexity index is 1160. The largest absolute Gasteiger partial charge is 0.336 e. The number of halogens is 1. The zero-order valence-electron chi connectivity index (χ0n) is 18.6. The summed E-state index contributed by atoms with van der Waals surface area (Å²) in [5.74, 6) is -0.0176. The summed E-state index contributed by atoms with van der Waals surface area (Å²) in [5, 5.41) is 13.4. The van der Waals surface area contributed by atoms with Gasteiger partial charge in [-0.25, -0.2) is 0 Å². The van der Waals surface area contributed by atoms with Crippen LogP contribution in [0, 0.1) is 11.8 Å². The molecule has 3 heterocycles. The molecule has 0 atom stereocenters. The highest BCUT2D eigenvalue weighted by Gasteiger charge is 2.22. The summed E-state index contributed by atoms with van der Waals surface area (Å²) < 4.78 is 0. The number of benzene rings is 1. The molecular formula is C23H26ClN7O2. The van der Waals surface area contributed by atoms with Crippen LogP contribution in [-0.2, 0) is 6.54 Å². The molecule has 9 nitrogen and oxygen atoms in total. The number of anilines is 2. The Hall–Kier alpha value is -3.14. The number of piperazine rings is 1. The molecule has 1 aliphatic heterocycles. The van der Waals surface area contributed by atoms with Gasteiger partial charge in [0.05, 0.1) is 27.7 Å². The maximum absolute atomic E-state index is 13.3. The molecule has 0 spiro atoms. The van der Waals surface area contributed by atoms with Gasteiger partial charge in [0.25, 0.3) is 0 Å². The van der Waals surface area contributed by atoms with Gasteiger partial charge in [0.15, 0.2) is 17.3 Å². The maximum Gasteiger partial charge on any atom is 0.198 e. The third-order valence-corrected chi connectivity index (χ3v) is 6.21. The number of likely N-dealkylation sites (N-methyl/N-ethyl adjacent to an activating group) is 1. The average Bonchev–Trinajstić information content (AvgIpc) is 3.18. The molecule has 0 amide bonds. The summed E-state index contributed by atoms with van der Waals surface area (Å²) in [6, 6.07) is 8.70. The van der Waals surface area contributed by atoms with E-state index in [0.717, 1.165) is 38.4 Å². The van der Waals surface area contributed by atoms with Gasteiger partial charge in [-0.2, -0.15) is 5.10 Å². The first kappa shape index (κ1) is 23.0. The summed E-state index contributed by atoms with van der Waals surface area (Å²) in [5.41, 5.74) is 2.72. The fourth-order valence-electron chi connectivity index (χ4n) is 3.90. The molecule has 10 heteroatoms. The van der Waals surface area contributed by atoms with Crippen molar-refractivity contribution in [3.63, 3.8) is 0 Å². The Morgan fingerprint density at radius 1 is 1.18 bits per heavy atom. The van der Waals surface area contributed by atoms with Crippen LogP contribution >= 0.6 is 11.6 Å². The minimum absolute atomic E-state index is 0.167. The molecule has 0 radical (unpaired) electrons. The molecular weight excluding hydrogens is 442 g/mol. The van der Waals surface area contributed by atoms with Crippen LogP contribution in [0.5, 0.6) is 0 Å². The van der Waals surface area contributed by atoms with Gasteiger partial charge in [0.2, 0.25) is 0 Å². The van der Waals surface area contributed by atoms with Gasteiger partial charge in [-0.1, -0.05) is 30.7 Å². The first-order valence-electron chi connectivity index (χ1n) is 10.9. The lowest BCUT2D eigenvalue weighted by atomic mass is 10.0. The first-order chi connectivity index (χ1) is 16.0. The van der Waals surface area contributed by atoms with E-state index in [9.17, 15) is 9.70 Å². The van der Waals surface area contributed by atoms with E-state index in [2.05, 4.69) is 42.4 Å². The van der Waals surface area contributed by atoms with Crippen LogP contribution in [0.25, 0.3) is 0 Å². The molecule has 4 rings (SSSR count). The van der Waals surface area contributed by atoms with Crippen molar-refractivity contribution in [2.75, 3.05) is 38.0 Å². The Morgan fingerprint density at radius 3 is 2.61 bits per heavy atom. The number of nitrogens with one attached hydrogen (secondary N) is 2. The zero-order valence-corrected chi connectivity index (χ0v) is 19.4. The molecule has 1 fully saturated rings. The number of carbonyl (C=O) groups is 1. The monoisotopic (exact) mass is 467 g/mol. The maximum atomic E-state index is 13.3. The smallest absolute Gasteiger partial charge is 0.198 e. The van der Waals surface area contributed by atoms with Crippen molar-refractivity contribution in [1.29, 1.82) is 0 Å². The van der Waals surface area contributed by atoms with Crippen molar-refractivity contribution < 1.29 is 4.79 Å². The third-order valence-electron chi connectivity index (χ3n) is 5.88. The van der Waals surface area contributed by atoms with Crippen LogP contribution in [-0.4, -0.2) is 63.5 Å². The highest BCUT2D eigenvalue weighted by molar-refractivity contribution is 6.35. The number of ketones is 1. The Labute approximate surface area is 197 Å². The number of aryl methyl sites for hydroxylation is 1. The summed E-state index contributed by atoms with van der Waals surface area (Å²) in [6.07, 6.45) is 1.55. The lowest BCUT2D eigenvalue weighted by molar-refractivity contribution is 0.103. The lowest BCUT2D eigenvalue weighted by Gasteiger charge is -2.33. The number of rotatable bonds is 8. The number of nitrogens with zero attached hydrogens (tertiary/aromatic N) is 5. The number of hydrogen-bond donors (Lipinski definition) is 2. The average molecular weight is 468 g/mol. The van der Waals surface area contributed by atoms with Crippen molar-refractivity contribution in [2.24, 2.45) is 5.18 Å². The summed E-state index contributed by atoms with van der Waals surface area (Å²) in [4.78, 5) is 33.9. The van der Waals surface area contributed by atoms with E-state index < -0.39 is 0 Å². The molecule has 172 valence electrons. The van der Waals surface area contributed by atoms with Crippen molar-refractivity contribution in [1.82, 2.24) is 25.0 Å². The standard InChI is InChI=1S/C23H26ClN7O2/c1-3-30-8-10-31(11-9-30)14-16-12-20(26-23-21(29-33)15(2)27-28-23)18(13-25-16)22(32)17-6-4-5-7-19(17)24/h4-7,12-13H,3,8-11,14H2,1-2H3,(H2,25,26,27,28). The highest BCUT2D eigenvalue weighted by atomic mass is 35.5. The van der Waals surface area contributed by atoms with Gasteiger partial charge in [0.1, 0.15) is 0 Å². The Morgan fingerprint density at radius 2 is 1.91 bits per heavy atom. The topological polar surface area (TPSA) is 107 Å². The van der Waals surface area contributed by atoms with E-state index >= 15 is 0 Å². The minimum atomic E-state index is -0.272. The highest BCUT2D eigenvalue weighted by Crippen LogP contribution is 2.32. The molecule has 3 aromatic rings. The van der Waals surface area contributed by atoms with Crippen molar-refractivity contribution in [3.8, 4) is 0 Å². The van der Waals surface area contributed by atoms with Gasteiger partial charge in [-0.3, -0.25) is 19.8 Å². The predicted molar refractivity (Wildman–Crippen MR) is 129 cm³/mol. The number of H-pyrrole nitrogens is 1. The number of hydrogen-bond acceptors (Lipinski definition) is 8. The van der Waals surface area contributed by atoms with Crippen LogP contribution in [0.1, 0.15) is 34.2 Å². The van der Waals surface area contributed by atoms with E-state index in [4.69, 9.17) is 11.6 Å². The molecule has 0 bridgehead atoms. The second kappa shape index (κ2) is 10.2. The van der Waals surface area contributed by atoms with Crippen molar-refractivity contribution >= 4 is 34.6 Å². The lowest BCUT2D eigenvalue weighted by Crippen LogP contribution is -2.45. The number of nitroso groups, excluding NO2 is 1. The molecule has 1 aliphatic rings. The zero-order chi connectivity index (χ0) is 23.4. The van der Waals surface area contributed by atoms with Crippen LogP contribution in [0.3, 0.4) is 0 Å². The molecule has 33 heavy (non-hydrogen) atoms. The summed E-state index contributed by atoms with van der Waals surface area (Å²) in [6.45, 7) is 9.53. The van der Waals surface area contributed by atoms with Gasteiger partial charge < -0.3 is 10.2 Å². The summed E-state index contributed by atoms with van der Waals surface area (Å²) in [7, 11) is 0. The van der Waals surface area contributed by atoms with Gasteiger partial charge in [-0.15, -0.1) is 4.91 Å². The molecule has 2 N–H and O–H groups in total.